The van der Waals surface area contributed by atoms with E-state index in [1.807, 2.05) is 0 Å². The Morgan fingerprint density at radius 3 is 2.04 bits per heavy atom. The van der Waals surface area contributed by atoms with E-state index in [9.17, 15) is 14.7 Å². The first kappa shape index (κ1) is 24.1. The van der Waals surface area contributed by atoms with E-state index < -0.39 is 15.6 Å². The summed E-state index contributed by atoms with van der Waals surface area (Å²) in [7, 11) is -0.458. The molecule has 1 aliphatic carbocycles. The quantitative estimate of drug-likeness (QED) is 0.418. The van der Waals surface area contributed by atoms with Crippen LogP contribution >= 0.6 is 10.0 Å². The third-order valence-electron chi connectivity index (χ3n) is 5.27. The lowest BCUT2D eigenvalue weighted by Gasteiger charge is -2.26. The van der Waals surface area contributed by atoms with E-state index in [0.29, 0.717) is 48.2 Å². The zero-order chi connectivity index (χ0) is 20.8. The van der Waals surface area contributed by atoms with Gasteiger partial charge in [0, 0.05) is 35.5 Å². The van der Waals surface area contributed by atoms with Crippen LogP contribution in [-0.4, -0.2) is 60.0 Å². The lowest BCUT2D eigenvalue weighted by atomic mass is 9.82. The maximum Gasteiger partial charge on any atom is 0.185 e. The fourth-order valence-corrected chi connectivity index (χ4v) is 4.21. The van der Waals surface area contributed by atoms with Crippen LogP contribution in [0.4, 0.5) is 0 Å². The number of ketones is 2. The molecule has 0 amide bonds. The zero-order valence-electron chi connectivity index (χ0n) is 18.2. The van der Waals surface area contributed by atoms with Crippen LogP contribution in [-0.2, 0) is 14.3 Å². The minimum atomic E-state index is -0.861. The minimum absolute atomic E-state index is 0.0489. The molecule has 0 bridgehead atoms. The topological polar surface area (TPSA) is 63.6 Å². The number of Topliss-reactive ketones (excluding diaryl/α,β-unsaturated/α-hetero) is 2. The Morgan fingerprint density at radius 1 is 0.889 bits per heavy atom. The predicted molar refractivity (Wildman–Crippen MR) is 116 cm³/mol. The van der Waals surface area contributed by atoms with Gasteiger partial charge in [-0.25, -0.2) is 10.0 Å². The Hall–Kier alpha value is -0.910. The first-order valence-corrected chi connectivity index (χ1v) is 12.8. The lowest BCUT2D eigenvalue weighted by molar-refractivity contribution is -0.116. The van der Waals surface area contributed by atoms with Crippen molar-refractivity contribution >= 4 is 21.6 Å². The molecular weight excluding hydrogens is 360 g/mol. The fourth-order valence-electron chi connectivity index (χ4n) is 3.23. The molecule has 1 atom stereocenters. The van der Waals surface area contributed by atoms with Crippen LogP contribution in [0.25, 0.3) is 0 Å². The van der Waals surface area contributed by atoms with Gasteiger partial charge in [0.15, 0.2) is 11.6 Å². The van der Waals surface area contributed by atoms with Crippen LogP contribution in [0.5, 0.6) is 0 Å². The smallest absolute Gasteiger partial charge is 0.185 e. The lowest BCUT2D eigenvalue weighted by Crippen LogP contribution is -2.27. The molecule has 0 aromatic rings. The van der Waals surface area contributed by atoms with Gasteiger partial charge in [-0.2, -0.15) is 0 Å². The van der Waals surface area contributed by atoms with E-state index in [1.54, 1.807) is 27.7 Å². The van der Waals surface area contributed by atoms with E-state index in [2.05, 4.69) is 18.8 Å². The van der Waals surface area contributed by atoms with Gasteiger partial charge in [-0.1, -0.05) is 0 Å². The second-order valence-corrected chi connectivity index (χ2v) is 13.5. The van der Waals surface area contributed by atoms with E-state index in [1.165, 1.54) is 5.75 Å². The van der Waals surface area contributed by atoms with Gasteiger partial charge in [0.2, 0.25) is 0 Å². The van der Waals surface area contributed by atoms with E-state index in [0.717, 1.165) is 19.4 Å². The standard InChI is InChI=1S/C22H38O4S/c1-16-17(2)21(24)19(18(3)20(16)23)10-12-22(4,25)11-8-13-26-14-9-15-27(5,6)7/h25H,8-15H2,1-7H3/t22-/m0/s1. The van der Waals surface area contributed by atoms with Gasteiger partial charge in [-0.3, -0.25) is 9.59 Å². The Kier molecular flexibility index (Phi) is 8.97. The highest BCUT2D eigenvalue weighted by atomic mass is 32.3. The van der Waals surface area contributed by atoms with Gasteiger partial charge in [0.25, 0.3) is 0 Å². The van der Waals surface area contributed by atoms with E-state index >= 15 is 0 Å². The van der Waals surface area contributed by atoms with E-state index in [4.69, 9.17) is 4.74 Å². The molecule has 0 spiro atoms. The molecule has 0 aliphatic heterocycles. The maximum atomic E-state index is 12.5. The van der Waals surface area contributed by atoms with Crippen molar-refractivity contribution in [3.63, 3.8) is 0 Å². The van der Waals surface area contributed by atoms with Gasteiger partial charge in [-0.05, 0) is 84.3 Å². The van der Waals surface area contributed by atoms with Crippen LogP contribution in [0.1, 0.15) is 59.8 Å². The summed E-state index contributed by atoms with van der Waals surface area (Å²) in [6, 6.07) is 0. The summed E-state index contributed by atoms with van der Waals surface area (Å²) in [5, 5.41) is 10.6. The summed E-state index contributed by atoms with van der Waals surface area (Å²) in [5.41, 5.74) is 1.30. The van der Waals surface area contributed by atoms with Gasteiger partial charge in [-0.15, -0.1) is 0 Å². The van der Waals surface area contributed by atoms with Crippen molar-refractivity contribution < 1.29 is 19.4 Å². The number of hydrogen-bond acceptors (Lipinski definition) is 4. The van der Waals surface area contributed by atoms with Crippen LogP contribution in [0, 0.1) is 0 Å². The van der Waals surface area contributed by atoms with Crippen LogP contribution in [0.15, 0.2) is 22.3 Å². The van der Waals surface area contributed by atoms with Crippen molar-refractivity contribution in [3.05, 3.63) is 22.3 Å². The van der Waals surface area contributed by atoms with Crippen LogP contribution in [0.3, 0.4) is 0 Å². The number of allylic oxidation sites excluding steroid dienone is 4. The summed E-state index contributed by atoms with van der Waals surface area (Å²) >= 11 is 0. The van der Waals surface area contributed by atoms with Crippen LogP contribution in [0.2, 0.25) is 0 Å². The summed E-state index contributed by atoms with van der Waals surface area (Å²) < 4.78 is 5.68. The van der Waals surface area contributed by atoms with Crippen molar-refractivity contribution in [1.29, 1.82) is 0 Å². The SMILES string of the molecule is CC1=C(C)C(=O)C(CC[C@@](C)(O)CCCOCCCS(C)(C)C)=C(C)C1=O. The highest BCUT2D eigenvalue weighted by molar-refractivity contribution is 8.32. The van der Waals surface area contributed by atoms with Crippen molar-refractivity contribution in [2.24, 2.45) is 0 Å². The molecule has 0 aromatic heterocycles. The molecule has 1 N–H and O–H groups in total. The molecule has 0 fully saturated rings. The number of rotatable bonds is 11. The second-order valence-electron chi connectivity index (χ2n) is 8.87. The molecule has 1 rings (SSSR count). The van der Waals surface area contributed by atoms with Crippen molar-refractivity contribution in [2.75, 3.05) is 37.7 Å². The average Bonchev–Trinajstić information content (AvgIpc) is 2.56. The predicted octanol–water partition coefficient (Wildman–Crippen LogP) is 4.20. The molecule has 1 aliphatic rings. The number of aliphatic hydroxyl groups is 1. The molecule has 0 radical (unpaired) electrons. The average molecular weight is 399 g/mol. The van der Waals surface area contributed by atoms with Crippen molar-refractivity contribution in [3.8, 4) is 0 Å². The molecule has 5 heteroatoms. The van der Waals surface area contributed by atoms with Crippen LogP contribution < -0.4 is 0 Å². The highest BCUT2D eigenvalue weighted by Gasteiger charge is 2.29. The zero-order valence-corrected chi connectivity index (χ0v) is 19.1. The largest absolute Gasteiger partial charge is 0.390 e. The van der Waals surface area contributed by atoms with E-state index in [-0.39, 0.29) is 11.6 Å². The number of carbonyl (C=O) groups excluding carboxylic acids is 2. The number of ether oxygens (including phenoxy) is 1. The van der Waals surface area contributed by atoms with Crippen molar-refractivity contribution in [2.45, 2.75) is 65.4 Å². The third kappa shape index (κ3) is 7.92. The van der Waals surface area contributed by atoms with Gasteiger partial charge >= 0.3 is 0 Å². The molecule has 0 unspecified atom stereocenters. The first-order valence-electron chi connectivity index (χ1n) is 9.78. The molecule has 0 saturated carbocycles. The van der Waals surface area contributed by atoms with Gasteiger partial charge in [0.05, 0.1) is 5.60 Å². The van der Waals surface area contributed by atoms with Crippen molar-refractivity contribution in [1.82, 2.24) is 0 Å². The summed E-state index contributed by atoms with van der Waals surface area (Å²) in [6.45, 7) is 8.35. The summed E-state index contributed by atoms with van der Waals surface area (Å²) in [4.78, 5) is 24.7. The second kappa shape index (κ2) is 10.0. The minimum Gasteiger partial charge on any atom is -0.390 e. The summed E-state index contributed by atoms with van der Waals surface area (Å²) in [5.74, 6) is 1.12. The highest BCUT2D eigenvalue weighted by Crippen LogP contribution is 2.35. The van der Waals surface area contributed by atoms with Gasteiger partial charge in [0.1, 0.15) is 0 Å². The number of hydrogen-bond donors (Lipinski definition) is 1. The molecule has 0 aromatic carbocycles. The maximum absolute atomic E-state index is 12.5. The molecule has 156 valence electrons. The monoisotopic (exact) mass is 398 g/mol. The Morgan fingerprint density at radius 2 is 1.44 bits per heavy atom. The fraction of sp³-hybridized carbons (Fsp3) is 0.727. The third-order valence-corrected chi connectivity index (χ3v) is 6.79. The normalized spacial score (nSPS) is 19.0. The van der Waals surface area contributed by atoms with Gasteiger partial charge < -0.3 is 9.84 Å². The molecule has 27 heavy (non-hydrogen) atoms. The Balaban J connectivity index is 2.39. The molecule has 4 nitrogen and oxygen atoms in total. The Bertz CT molecular complexity index is 621. The summed E-state index contributed by atoms with van der Waals surface area (Å²) in [6.07, 6.45) is 10.3. The first-order chi connectivity index (χ1) is 12.4. The Labute approximate surface area is 166 Å². The molecule has 0 heterocycles. The molecular formula is C22H38O4S. The number of carbonyl (C=O) groups is 2. The molecule has 0 saturated heterocycles.